The molecule has 0 aliphatic carbocycles. The van der Waals surface area contributed by atoms with E-state index in [1.54, 1.807) is 35.2 Å². The van der Waals surface area contributed by atoms with E-state index in [4.69, 9.17) is 16.3 Å². The molecule has 128 valence electrons. The number of halogens is 2. The van der Waals surface area contributed by atoms with Gasteiger partial charge in [-0.1, -0.05) is 11.6 Å². The molecule has 0 saturated carbocycles. The van der Waals surface area contributed by atoms with Crippen LogP contribution in [0.25, 0.3) is 16.7 Å². The molecule has 1 aliphatic rings. The van der Waals surface area contributed by atoms with E-state index >= 15 is 0 Å². The summed E-state index contributed by atoms with van der Waals surface area (Å²) in [6.45, 7) is 0.213. The first-order valence-corrected chi connectivity index (χ1v) is 8.06. The number of rotatable bonds is 3. The Bertz CT molecular complexity index is 968. The Morgan fingerprint density at radius 3 is 2.84 bits per heavy atom. The van der Waals surface area contributed by atoms with E-state index in [1.807, 2.05) is 6.07 Å². The summed E-state index contributed by atoms with van der Waals surface area (Å²) in [7, 11) is 1.48. The average molecular weight is 361 g/mol. The Hall–Kier alpha value is -2.67. The number of hydrogen-bond acceptors (Lipinski definition) is 4. The fourth-order valence-corrected chi connectivity index (χ4v) is 3.13. The molecule has 1 amide bonds. The first-order chi connectivity index (χ1) is 12.1. The summed E-state index contributed by atoms with van der Waals surface area (Å²) in [5.74, 6) is 0.0459. The molecule has 0 aromatic carbocycles. The maximum atomic E-state index is 13.2. The third-order valence-corrected chi connectivity index (χ3v) is 4.42. The normalized spacial score (nSPS) is 14.6. The summed E-state index contributed by atoms with van der Waals surface area (Å²) in [6.07, 6.45) is 2.24. The summed E-state index contributed by atoms with van der Waals surface area (Å²) in [6, 6.07) is 7.06. The van der Waals surface area contributed by atoms with Gasteiger partial charge in [0, 0.05) is 11.6 Å². The second-order valence-corrected chi connectivity index (χ2v) is 6.18. The van der Waals surface area contributed by atoms with Gasteiger partial charge in [0.05, 0.1) is 32.1 Å². The fraction of sp³-hybridized carbons (Fsp3) is 0.235. The number of nitrogens with zero attached hydrogens (tertiary/aromatic N) is 4. The maximum Gasteiger partial charge on any atom is 0.271 e. The van der Waals surface area contributed by atoms with Crippen molar-refractivity contribution in [1.29, 1.82) is 0 Å². The molecule has 0 atom stereocenters. The molecule has 1 saturated heterocycles. The smallest absolute Gasteiger partial charge is 0.271 e. The lowest BCUT2D eigenvalue weighted by molar-refractivity contribution is 0.0393. The molecule has 0 radical (unpaired) electrons. The molecule has 1 aliphatic heterocycles. The number of amides is 1. The minimum atomic E-state index is -0.961. The number of carbonyl (C=O) groups is 1. The summed E-state index contributed by atoms with van der Waals surface area (Å²) < 4.78 is 19.9. The Balaban J connectivity index is 1.87. The van der Waals surface area contributed by atoms with Crippen LogP contribution in [0.1, 0.15) is 10.5 Å². The second-order valence-electron chi connectivity index (χ2n) is 5.77. The van der Waals surface area contributed by atoms with Gasteiger partial charge in [0.1, 0.15) is 22.5 Å². The van der Waals surface area contributed by atoms with Crippen LogP contribution in [0, 0.1) is 0 Å². The molecular weight excluding hydrogens is 347 g/mol. The van der Waals surface area contributed by atoms with Crippen LogP contribution in [0.4, 0.5) is 4.39 Å². The van der Waals surface area contributed by atoms with Gasteiger partial charge in [-0.05, 0) is 24.3 Å². The molecule has 25 heavy (non-hydrogen) atoms. The second kappa shape index (κ2) is 6.00. The minimum Gasteiger partial charge on any atom is -0.480 e. The van der Waals surface area contributed by atoms with Gasteiger partial charge < -0.3 is 9.64 Å². The summed E-state index contributed by atoms with van der Waals surface area (Å²) in [5, 5.41) is 1.12. The van der Waals surface area contributed by atoms with Gasteiger partial charge in [-0.2, -0.15) is 0 Å². The quantitative estimate of drug-likeness (QED) is 0.720. The van der Waals surface area contributed by atoms with Gasteiger partial charge in [-0.25, -0.2) is 14.4 Å². The van der Waals surface area contributed by atoms with Crippen LogP contribution < -0.4 is 4.74 Å². The molecule has 0 unspecified atom stereocenters. The number of fused-ring (bicyclic) bond motifs is 1. The topological polar surface area (TPSA) is 60.3 Å². The molecule has 1 fully saturated rings. The highest BCUT2D eigenvalue weighted by Gasteiger charge is 2.33. The number of ether oxygens (including phenoxy) is 1. The van der Waals surface area contributed by atoms with Crippen LogP contribution in [0.5, 0.6) is 5.88 Å². The van der Waals surface area contributed by atoms with Crippen molar-refractivity contribution in [2.75, 3.05) is 20.2 Å². The Labute approximate surface area is 147 Å². The zero-order chi connectivity index (χ0) is 17.6. The number of pyridine rings is 2. The molecule has 4 rings (SSSR count). The molecule has 0 bridgehead atoms. The SMILES string of the molecule is COc1ncc(-n2c(C(=O)N3CC(F)C3)cc3cccnc32)cc1Cl. The third-order valence-electron chi connectivity index (χ3n) is 4.15. The number of aromatic nitrogens is 3. The Morgan fingerprint density at radius 1 is 1.36 bits per heavy atom. The van der Waals surface area contributed by atoms with E-state index in [0.29, 0.717) is 27.9 Å². The predicted molar refractivity (Wildman–Crippen MR) is 91.2 cm³/mol. The van der Waals surface area contributed by atoms with Crippen LogP contribution >= 0.6 is 11.6 Å². The third kappa shape index (κ3) is 2.60. The van der Waals surface area contributed by atoms with E-state index in [0.717, 1.165) is 5.39 Å². The number of methoxy groups -OCH3 is 1. The van der Waals surface area contributed by atoms with Gasteiger partial charge in [0.25, 0.3) is 5.91 Å². The van der Waals surface area contributed by atoms with Gasteiger partial charge in [-0.3, -0.25) is 9.36 Å². The maximum absolute atomic E-state index is 13.2. The van der Waals surface area contributed by atoms with Gasteiger partial charge in [-0.15, -0.1) is 0 Å². The van der Waals surface area contributed by atoms with E-state index in [9.17, 15) is 9.18 Å². The molecule has 0 spiro atoms. The number of carbonyl (C=O) groups excluding carboxylic acids is 1. The summed E-state index contributed by atoms with van der Waals surface area (Å²) in [4.78, 5) is 22.8. The van der Waals surface area contributed by atoms with Crippen molar-refractivity contribution in [2.24, 2.45) is 0 Å². The van der Waals surface area contributed by atoms with E-state index in [1.165, 1.54) is 12.0 Å². The van der Waals surface area contributed by atoms with Crippen LogP contribution in [0.2, 0.25) is 5.02 Å². The zero-order valence-corrected chi connectivity index (χ0v) is 14.1. The van der Waals surface area contributed by atoms with Crippen molar-refractivity contribution in [1.82, 2.24) is 19.4 Å². The van der Waals surface area contributed by atoms with Crippen molar-refractivity contribution < 1.29 is 13.9 Å². The first kappa shape index (κ1) is 15.8. The zero-order valence-electron chi connectivity index (χ0n) is 13.3. The number of alkyl halides is 1. The number of likely N-dealkylation sites (tertiary alicyclic amines) is 1. The molecule has 4 heterocycles. The molecular formula is C17H14ClFN4O2. The lowest BCUT2D eigenvalue weighted by Crippen LogP contribution is -2.51. The molecule has 0 N–H and O–H groups in total. The van der Waals surface area contributed by atoms with Crippen molar-refractivity contribution in [3.63, 3.8) is 0 Å². The van der Waals surface area contributed by atoms with Crippen molar-refractivity contribution in [2.45, 2.75) is 6.17 Å². The highest BCUT2D eigenvalue weighted by Crippen LogP contribution is 2.29. The molecule has 6 nitrogen and oxygen atoms in total. The van der Waals surface area contributed by atoms with Crippen LogP contribution in [0.15, 0.2) is 36.7 Å². The van der Waals surface area contributed by atoms with E-state index in [-0.39, 0.29) is 19.0 Å². The van der Waals surface area contributed by atoms with Crippen LogP contribution in [0.3, 0.4) is 0 Å². The number of hydrogen-bond donors (Lipinski definition) is 0. The highest BCUT2D eigenvalue weighted by molar-refractivity contribution is 6.32. The van der Waals surface area contributed by atoms with Crippen molar-refractivity contribution >= 4 is 28.5 Å². The van der Waals surface area contributed by atoms with Crippen molar-refractivity contribution in [3.05, 3.63) is 47.4 Å². The standard InChI is InChI=1S/C17H14ClFN4O2/c1-25-16-13(18)6-12(7-21-16)23-14(17(24)22-8-11(19)9-22)5-10-3-2-4-20-15(10)23/h2-7,11H,8-9H2,1H3. The Morgan fingerprint density at radius 2 is 2.16 bits per heavy atom. The minimum absolute atomic E-state index is 0.107. The molecule has 3 aromatic heterocycles. The van der Waals surface area contributed by atoms with Crippen LogP contribution in [-0.2, 0) is 0 Å². The van der Waals surface area contributed by atoms with Crippen molar-refractivity contribution in [3.8, 4) is 11.6 Å². The predicted octanol–water partition coefficient (Wildman–Crippen LogP) is 2.88. The largest absolute Gasteiger partial charge is 0.480 e. The van der Waals surface area contributed by atoms with Gasteiger partial charge in [0.15, 0.2) is 0 Å². The lowest BCUT2D eigenvalue weighted by atomic mass is 10.1. The molecule has 3 aromatic rings. The fourth-order valence-electron chi connectivity index (χ4n) is 2.89. The highest BCUT2D eigenvalue weighted by atomic mass is 35.5. The monoisotopic (exact) mass is 360 g/mol. The summed E-state index contributed by atoms with van der Waals surface area (Å²) in [5.41, 5.74) is 1.58. The first-order valence-electron chi connectivity index (χ1n) is 7.68. The van der Waals surface area contributed by atoms with Crippen LogP contribution in [-0.4, -0.2) is 51.7 Å². The van der Waals surface area contributed by atoms with Gasteiger partial charge >= 0.3 is 0 Å². The average Bonchev–Trinajstić information content (AvgIpc) is 2.98. The van der Waals surface area contributed by atoms with Gasteiger partial charge in [0.2, 0.25) is 5.88 Å². The van der Waals surface area contributed by atoms with E-state index < -0.39 is 6.17 Å². The molecule has 8 heteroatoms. The Kier molecular flexibility index (Phi) is 3.80. The lowest BCUT2D eigenvalue weighted by Gasteiger charge is -2.34. The summed E-state index contributed by atoms with van der Waals surface area (Å²) >= 11 is 6.18. The van der Waals surface area contributed by atoms with E-state index in [2.05, 4.69) is 9.97 Å².